The maximum absolute atomic E-state index is 13.5. The fraction of sp³-hybridized carbons (Fsp3) is 0.333. The molecule has 0 atom stereocenters. The molecule has 20 heavy (non-hydrogen) atoms. The summed E-state index contributed by atoms with van der Waals surface area (Å²) in [6.07, 6.45) is 0.763. The second kappa shape index (κ2) is 7.10. The number of nitrogens with zero attached hydrogens (tertiary/aromatic N) is 1. The van der Waals surface area contributed by atoms with Crippen molar-refractivity contribution in [3.8, 4) is 0 Å². The summed E-state index contributed by atoms with van der Waals surface area (Å²) in [7, 11) is 1.22. The number of aromatic nitrogens is 1. The Balaban J connectivity index is 2.86. The summed E-state index contributed by atoms with van der Waals surface area (Å²) in [6.45, 7) is 1.64. The molecule has 0 unspecified atom stereocenters. The number of rotatable bonds is 6. The number of carbonyl (C=O) groups is 2. The van der Waals surface area contributed by atoms with Crippen molar-refractivity contribution in [3.05, 3.63) is 29.5 Å². The van der Waals surface area contributed by atoms with Gasteiger partial charge in [-0.2, -0.15) is 0 Å². The first-order valence-corrected chi connectivity index (χ1v) is 5.65. The van der Waals surface area contributed by atoms with Crippen LogP contribution in [0.1, 0.15) is 23.8 Å². The van der Waals surface area contributed by atoms with Crippen molar-refractivity contribution < 1.29 is 28.2 Å². The molecule has 108 valence electrons. The molecule has 0 saturated heterocycles. The summed E-state index contributed by atoms with van der Waals surface area (Å²) in [4.78, 5) is 33.5. The number of hydrogen-bond donors (Lipinski definition) is 1. The first-order chi connectivity index (χ1) is 9.53. The Morgan fingerprint density at radius 1 is 1.50 bits per heavy atom. The normalized spacial score (nSPS) is 9.55. The number of methoxy groups -OCH3 is 1. The molecule has 0 aliphatic rings. The van der Waals surface area contributed by atoms with Gasteiger partial charge in [-0.05, 0) is 13.0 Å². The van der Waals surface area contributed by atoms with Crippen LogP contribution in [0.4, 0.5) is 4.39 Å². The number of carbonyl (C=O) groups excluding carboxylic acids is 3. The van der Waals surface area contributed by atoms with Crippen LogP contribution in [0.15, 0.2) is 18.0 Å². The van der Waals surface area contributed by atoms with Crippen LogP contribution in [0.3, 0.4) is 0 Å². The van der Waals surface area contributed by atoms with Crippen LogP contribution in [0, 0.1) is 5.82 Å². The molecule has 0 aliphatic carbocycles. The fourth-order valence-electron chi connectivity index (χ4n) is 1.37. The molecule has 0 spiro atoms. The second-order valence-electron chi connectivity index (χ2n) is 3.54. The van der Waals surface area contributed by atoms with Crippen LogP contribution in [0.25, 0.3) is 0 Å². The minimum absolute atomic E-state index is 0.0686. The molecule has 0 saturated carbocycles. The highest BCUT2D eigenvalue weighted by Gasteiger charge is 2.20. The van der Waals surface area contributed by atoms with E-state index in [1.165, 1.54) is 13.1 Å². The molecule has 1 rings (SSSR count). The number of esters is 1. The van der Waals surface area contributed by atoms with E-state index in [4.69, 9.17) is 0 Å². The first-order valence-electron chi connectivity index (χ1n) is 5.65. The van der Waals surface area contributed by atoms with Gasteiger partial charge in [0, 0.05) is 6.20 Å². The maximum Gasteiger partial charge on any atom is 0.359 e. The standard InChI is InChI=1S/C12H13FN2O5/c1-3-20-12(18)11-9(13)4-5-15(11)14-10(17)6-8(7-16)19-2/h4-5H,3,6H2,1-2H3,(H,14,17). The third-order valence-electron chi connectivity index (χ3n) is 2.23. The lowest BCUT2D eigenvalue weighted by Gasteiger charge is -2.10. The number of amides is 1. The lowest BCUT2D eigenvalue weighted by molar-refractivity contribution is -0.117. The van der Waals surface area contributed by atoms with Crippen LogP contribution in [-0.2, 0) is 19.1 Å². The van der Waals surface area contributed by atoms with E-state index in [0.717, 1.165) is 16.9 Å². The Morgan fingerprint density at radius 2 is 2.20 bits per heavy atom. The van der Waals surface area contributed by atoms with Gasteiger partial charge in [-0.3, -0.25) is 14.9 Å². The molecular weight excluding hydrogens is 271 g/mol. The molecule has 1 heterocycles. The molecule has 0 aromatic carbocycles. The van der Waals surface area contributed by atoms with Gasteiger partial charge < -0.3 is 9.47 Å². The number of halogens is 1. The van der Waals surface area contributed by atoms with Crippen molar-refractivity contribution in [1.29, 1.82) is 0 Å². The largest absolute Gasteiger partial charge is 0.489 e. The quantitative estimate of drug-likeness (QED) is 0.470. The second-order valence-corrected chi connectivity index (χ2v) is 3.54. The Bertz CT molecular complexity index is 560. The van der Waals surface area contributed by atoms with E-state index in [9.17, 15) is 18.8 Å². The molecule has 1 amide bonds. The van der Waals surface area contributed by atoms with E-state index < -0.39 is 23.4 Å². The average Bonchev–Trinajstić information content (AvgIpc) is 2.77. The fourth-order valence-corrected chi connectivity index (χ4v) is 1.37. The van der Waals surface area contributed by atoms with Crippen LogP contribution in [0.2, 0.25) is 0 Å². The van der Waals surface area contributed by atoms with Crippen LogP contribution in [0.5, 0.6) is 0 Å². The lowest BCUT2D eigenvalue weighted by atomic mass is 10.3. The van der Waals surface area contributed by atoms with Crippen molar-refractivity contribution in [1.82, 2.24) is 4.68 Å². The topological polar surface area (TPSA) is 86.6 Å². The molecule has 0 fully saturated rings. The summed E-state index contributed by atoms with van der Waals surface area (Å²) in [5.74, 6) is -1.19. The summed E-state index contributed by atoms with van der Waals surface area (Å²) in [5, 5.41) is 0. The highest BCUT2D eigenvalue weighted by atomic mass is 19.1. The van der Waals surface area contributed by atoms with Gasteiger partial charge in [0.05, 0.1) is 20.1 Å². The number of ether oxygens (including phenoxy) is 2. The van der Waals surface area contributed by atoms with Gasteiger partial charge in [0.15, 0.2) is 23.2 Å². The SMILES string of the molecule is CCOC(=O)c1c(F)ccn1NC(=O)CC(=C=O)OC. The van der Waals surface area contributed by atoms with E-state index in [-0.39, 0.29) is 18.8 Å². The van der Waals surface area contributed by atoms with Gasteiger partial charge in [-0.15, -0.1) is 0 Å². The summed E-state index contributed by atoms with van der Waals surface area (Å²) in [5.41, 5.74) is 1.79. The van der Waals surface area contributed by atoms with Crippen molar-refractivity contribution in [2.75, 3.05) is 19.1 Å². The molecule has 0 bridgehead atoms. The van der Waals surface area contributed by atoms with Gasteiger partial charge in [0.2, 0.25) is 5.91 Å². The minimum atomic E-state index is -0.909. The Kier molecular flexibility index (Phi) is 5.49. The van der Waals surface area contributed by atoms with Crippen LogP contribution >= 0.6 is 0 Å². The van der Waals surface area contributed by atoms with E-state index >= 15 is 0 Å². The van der Waals surface area contributed by atoms with Crippen molar-refractivity contribution in [3.63, 3.8) is 0 Å². The molecule has 0 radical (unpaired) electrons. The summed E-state index contributed by atoms with van der Waals surface area (Å²) >= 11 is 0. The zero-order valence-electron chi connectivity index (χ0n) is 10.9. The highest BCUT2D eigenvalue weighted by Crippen LogP contribution is 2.10. The third-order valence-corrected chi connectivity index (χ3v) is 2.23. The van der Waals surface area contributed by atoms with Gasteiger partial charge in [0.25, 0.3) is 0 Å². The van der Waals surface area contributed by atoms with Crippen LogP contribution < -0.4 is 5.43 Å². The van der Waals surface area contributed by atoms with Gasteiger partial charge in [0.1, 0.15) is 0 Å². The van der Waals surface area contributed by atoms with Gasteiger partial charge in [-0.1, -0.05) is 0 Å². The van der Waals surface area contributed by atoms with E-state index in [1.54, 1.807) is 6.92 Å². The van der Waals surface area contributed by atoms with Gasteiger partial charge >= 0.3 is 5.97 Å². The van der Waals surface area contributed by atoms with Crippen molar-refractivity contribution in [2.24, 2.45) is 0 Å². The summed E-state index contributed by atoms with van der Waals surface area (Å²) < 4.78 is 23.6. The smallest absolute Gasteiger partial charge is 0.359 e. The summed E-state index contributed by atoms with van der Waals surface area (Å²) in [6, 6.07) is 0.999. The maximum atomic E-state index is 13.5. The van der Waals surface area contributed by atoms with E-state index in [0.29, 0.717) is 0 Å². The minimum Gasteiger partial charge on any atom is -0.489 e. The zero-order valence-corrected chi connectivity index (χ0v) is 10.9. The lowest BCUT2D eigenvalue weighted by Crippen LogP contribution is -2.27. The number of nitrogens with one attached hydrogen (secondary N) is 1. The van der Waals surface area contributed by atoms with Crippen molar-refractivity contribution >= 4 is 17.8 Å². The van der Waals surface area contributed by atoms with Crippen LogP contribution in [-0.4, -0.2) is 36.2 Å². The van der Waals surface area contributed by atoms with E-state index in [2.05, 4.69) is 14.9 Å². The predicted molar refractivity (Wildman–Crippen MR) is 65.5 cm³/mol. The molecule has 0 aliphatic heterocycles. The Labute approximate surface area is 113 Å². The predicted octanol–water partition coefficient (Wildman–Crippen LogP) is 0.626. The number of hydrogen-bond acceptors (Lipinski definition) is 5. The first kappa shape index (κ1) is 15.5. The molecule has 7 nitrogen and oxygen atoms in total. The molecule has 1 aromatic rings. The van der Waals surface area contributed by atoms with Gasteiger partial charge in [-0.25, -0.2) is 14.0 Å². The molecule has 1 N–H and O–H groups in total. The monoisotopic (exact) mass is 284 g/mol. The molecule has 1 aromatic heterocycles. The zero-order chi connectivity index (χ0) is 15.1. The Morgan fingerprint density at radius 3 is 2.75 bits per heavy atom. The molecule has 8 heteroatoms. The highest BCUT2D eigenvalue weighted by molar-refractivity contribution is 5.91. The average molecular weight is 284 g/mol. The Hall–Kier alpha value is -2.60. The molecular formula is C12H13FN2O5. The third kappa shape index (κ3) is 3.69. The van der Waals surface area contributed by atoms with E-state index in [1.807, 2.05) is 0 Å². The van der Waals surface area contributed by atoms with Crippen molar-refractivity contribution in [2.45, 2.75) is 13.3 Å².